The molecule has 1 amide bonds. The molecular formula is C15H25NO3. The number of rotatable bonds is 7. The van der Waals surface area contributed by atoms with Crippen LogP contribution in [0.1, 0.15) is 46.5 Å². The maximum atomic E-state index is 12.7. The maximum absolute atomic E-state index is 12.7. The van der Waals surface area contributed by atoms with Crippen LogP contribution in [0.5, 0.6) is 0 Å². The minimum atomic E-state index is -0.296. The van der Waals surface area contributed by atoms with E-state index in [4.69, 9.17) is 4.74 Å². The summed E-state index contributed by atoms with van der Waals surface area (Å²) in [6.07, 6.45) is 4.72. The summed E-state index contributed by atoms with van der Waals surface area (Å²) in [5.41, 5.74) is 0. The number of esters is 1. The molecule has 19 heavy (non-hydrogen) atoms. The van der Waals surface area contributed by atoms with Gasteiger partial charge in [-0.3, -0.25) is 9.59 Å². The van der Waals surface area contributed by atoms with Crippen molar-refractivity contribution in [3.63, 3.8) is 0 Å². The Labute approximate surface area is 115 Å². The van der Waals surface area contributed by atoms with Gasteiger partial charge in [0.25, 0.3) is 0 Å². The molecule has 0 bridgehead atoms. The number of hydrogen-bond donors (Lipinski definition) is 0. The third-order valence-electron chi connectivity index (χ3n) is 4.06. The van der Waals surface area contributed by atoms with Crippen LogP contribution in [0, 0.1) is 17.8 Å². The molecule has 0 aromatic rings. The maximum Gasteiger partial charge on any atom is 0.325 e. The summed E-state index contributed by atoms with van der Waals surface area (Å²) >= 11 is 0. The Hall–Kier alpha value is -1.06. The van der Waals surface area contributed by atoms with Gasteiger partial charge in [-0.25, -0.2) is 0 Å². The van der Waals surface area contributed by atoms with E-state index in [2.05, 4.69) is 0 Å². The van der Waals surface area contributed by atoms with Crippen LogP contribution in [0.15, 0.2) is 0 Å². The number of carbonyl (C=O) groups excluding carboxylic acids is 2. The highest BCUT2D eigenvalue weighted by Crippen LogP contribution is 2.50. The molecule has 0 heterocycles. The van der Waals surface area contributed by atoms with Crippen molar-refractivity contribution in [1.82, 2.24) is 4.90 Å². The van der Waals surface area contributed by atoms with E-state index in [0.29, 0.717) is 18.4 Å². The molecule has 4 nitrogen and oxygen atoms in total. The molecule has 0 unspecified atom stereocenters. The normalized spacial score (nSPS) is 18.8. The number of hydrogen-bond acceptors (Lipinski definition) is 3. The first-order valence-electron chi connectivity index (χ1n) is 7.50. The molecule has 0 aromatic carbocycles. The number of carbonyl (C=O) groups is 2. The molecular weight excluding hydrogens is 242 g/mol. The van der Waals surface area contributed by atoms with Gasteiger partial charge in [0.1, 0.15) is 6.54 Å². The standard InChI is InChI=1S/C15H25NO3/c1-4-19-13(17)9-16(10(2)3)15(18)14(11-5-6-11)12-7-8-12/h10-12,14H,4-9H2,1-3H3. The SMILES string of the molecule is CCOC(=O)CN(C(=O)C(C1CC1)C1CC1)C(C)C. The first-order valence-corrected chi connectivity index (χ1v) is 7.50. The van der Waals surface area contributed by atoms with Crippen LogP contribution in [0.4, 0.5) is 0 Å². The largest absolute Gasteiger partial charge is 0.465 e. The van der Waals surface area contributed by atoms with E-state index in [9.17, 15) is 9.59 Å². The fraction of sp³-hybridized carbons (Fsp3) is 0.867. The highest BCUT2D eigenvalue weighted by Gasteiger charge is 2.47. The van der Waals surface area contributed by atoms with Gasteiger partial charge in [0.2, 0.25) is 5.91 Å². The van der Waals surface area contributed by atoms with Gasteiger partial charge >= 0.3 is 5.97 Å². The van der Waals surface area contributed by atoms with Gasteiger partial charge in [0, 0.05) is 12.0 Å². The molecule has 2 fully saturated rings. The summed E-state index contributed by atoms with van der Waals surface area (Å²) < 4.78 is 4.97. The molecule has 2 aliphatic carbocycles. The van der Waals surface area contributed by atoms with Gasteiger partial charge in [-0.05, 0) is 58.3 Å². The minimum Gasteiger partial charge on any atom is -0.465 e. The van der Waals surface area contributed by atoms with E-state index in [1.54, 1.807) is 11.8 Å². The van der Waals surface area contributed by atoms with Crippen molar-refractivity contribution >= 4 is 11.9 Å². The fourth-order valence-corrected chi connectivity index (χ4v) is 2.75. The molecule has 0 atom stereocenters. The first kappa shape index (κ1) is 14.4. The Kier molecular flexibility index (Phi) is 4.48. The van der Waals surface area contributed by atoms with Gasteiger partial charge in [0.05, 0.1) is 6.61 Å². The Bertz CT molecular complexity index is 333. The van der Waals surface area contributed by atoms with Crippen LogP contribution in [-0.2, 0) is 14.3 Å². The Balaban J connectivity index is 2.00. The Morgan fingerprint density at radius 1 is 1.16 bits per heavy atom. The van der Waals surface area contributed by atoms with Crippen molar-refractivity contribution < 1.29 is 14.3 Å². The smallest absolute Gasteiger partial charge is 0.325 e. The molecule has 0 radical (unpaired) electrons. The molecule has 0 aromatic heterocycles. The predicted molar refractivity (Wildman–Crippen MR) is 72.4 cm³/mol. The molecule has 4 heteroatoms. The van der Waals surface area contributed by atoms with Crippen molar-refractivity contribution in [2.24, 2.45) is 17.8 Å². The third-order valence-corrected chi connectivity index (χ3v) is 4.06. The lowest BCUT2D eigenvalue weighted by atomic mass is 9.95. The predicted octanol–water partition coefficient (Wildman–Crippen LogP) is 2.22. The van der Waals surface area contributed by atoms with Gasteiger partial charge in [-0.2, -0.15) is 0 Å². The summed E-state index contributed by atoms with van der Waals surface area (Å²) in [4.78, 5) is 26.1. The summed E-state index contributed by atoms with van der Waals surface area (Å²) in [5, 5.41) is 0. The van der Waals surface area contributed by atoms with Gasteiger partial charge < -0.3 is 9.64 Å². The van der Waals surface area contributed by atoms with Crippen LogP contribution < -0.4 is 0 Å². The topological polar surface area (TPSA) is 46.6 Å². The van der Waals surface area contributed by atoms with Crippen LogP contribution >= 0.6 is 0 Å². The number of amides is 1. The summed E-state index contributed by atoms with van der Waals surface area (Å²) in [6, 6.07) is 0.0527. The molecule has 0 saturated heterocycles. The van der Waals surface area contributed by atoms with Crippen molar-refractivity contribution in [2.45, 2.75) is 52.5 Å². The van der Waals surface area contributed by atoms with Crippen molar-refractivity contribution in [1.29, 1.82) is 0 Å². The second-order valence-electron chi connectivity index (χ2n) is 6.07. The van der Waals surface area contributed by atoms with E-state index in [-0.39, 0.29) is 30.4 Å². The molecule has 2 rings (SSSR count). The van der Waals surface area contributed by atoms with E-state index < -0.39 is 0 Å². The molecule has 0 N–H and O–H groups in total. The Morgan fingerprint density at radius 2 is 1.68 bits per heavy atom. The highest BCUT2D eigenvalue weighted by atomic mass is 16.5. The average Bonchev–Trinajstić information content (AvgIpc) is 3.19. The van der Waals surface area contributed by atoms with Crippen molar-refractivity contribution in [2.75, 3.05) is 13.2 Å². The second-order valence-corrected chi connectivity index (χ2v) is 6.07. The lowest BCUT2D eigenvalue weighted by Crippen LogP contribution is -2.45. The quantitative estimate of drug-likeness (QED) is 0.664. The second kappa shape index (κ2) is 5.93. The lowest BCUT2D eigenvalue weighted by molar-refractivity contribution is -0.152. The van der Waals surface area contributed by atoms with E-state index >= 15 is 0 Å². The van der Waals surface area contributed by atoms with Crippen LogP contribution in [0.3, 0.4) is 0 Å². The van der Waals surface area contributed by atoms with Crippen molar-refractivity contribution in [3.8, 4) is 0 Å². The van der Waals surface area contributed by atoms with E-state index in [1.807, 2.05) is 13.8 Å². The first-order chi connectivity index (χ1) is 9.04. The highest BCUT2D eigenvalue weighted by molar-refractivity contribution is 5.84. The van der Waals surface area contributed by atoms with E-state index in [1.165, 1.54) is 25.7 Å². The monoisotopic (exact) mass is 267 g/mol. The third kappa shape index (κ3) is 3.71. The molecule has 0 spiro atoms. The van der Waals surface area contributed by atoms with Crippen molar-refractivity contribution in [3.05, 3.63) is 0 Å². The molecule has 108 valence electrons. The fourth-order valence-electron chi connectivity index (χ4n) is 2.75. The van der Waals surface area contributed by atoms with E-state index in [0.717, 1.165) is 0 Å². The lowest BCUT2D eigenvalue weighted by Gasteiger charge is -2.30. The number of ether oxygens (including phenoxy) is 1. The minimum absolute atomic E-state index is 0.0527. The summed E-state index contributed by atoms with van der Waals surface area (Å²) in [7, 11) is 0. The molecule has 2 aliphatic rings. The van der Waals surface area contributed by atoms with Gasteiger partial charge in [-0.1, -0.05) is 0 Å². The van der Waals surface area contributed by atoms with Gasteiger partial charge in [-0.15, -0.1) is 0 Å². The zero-order chi connectivity index (χ0) is 14.0. The van der Waals surface area contributed by atoms with Crippen LogP contribution in [0.25, 0.3) is 0 Å². The Morgan fingerprint density at radius 3 is 2.05 bits per heavy atom. The number of nitrogens with zero attached hydrogens (tertiary/aromatic N) is 1. The summed E-state index contributed by atoms with van der Waals surface area (Å²) in [5.74, 6) is 1.19. The van der Waals surface area contributed by atoms with Crippen LogP contribution in [-0.4, -0.2) is 36.0 Å². The molecule has 0 aliphatic heterocycles. The zero-order valence-electron chi connectivity index (χ0n) is 12.2. The van der Waals surface area contributed by atoms with Crippen LogP contribution in [0.2, 0.25) is 0 Å². The summed E-state index contributed by atoms with van der Waals surface area (Å²) in [6.45, 7) is 6.19. The van der Waals surface area contributed by atoms with Gasteiger partial charge in [0.15, 0.2) is 0 Å². The molecule has 2 saturated carbocycles. The zero-order valence-corrected chi connectivity index (χ0v) is 12.2. The average molecular weight is 267 g/mol.